The summed E-state index contributed by atoms with van der Waals surface area (Å²) in [6.07, 6.45) is 0.0134. The number of rotatable bonds is 2. The summed E-state index contributed by atoms with van der Waals surface area (Å²) in [7, 11) is 0. The van der Waals surface area contributed by atoms with E-state index in [1.165, 1.54) is 23.1 Å². The van der Waals surface area contributed by atoms with Crippen molar-refractivity contribution in [2.24, 2.45) is 0 Å². The van der Waals surface area contributed by atoms with Crippen LogP contribution in [0.2, 0.25) is 10.0 Å². The summed E-state index contributed by atoms with van der Waals surface area (Å²) in [5.41, 5.74) is 0.418. The molecule has 0 spiro atoms. The topological polar surface area (TPSA) is 57.6 Å². The van der Waals surface area contributed by atoms with Crippen LogP contribution in [0.25, 0.3) is 0 Å². The number of carbonyl (C=O) groups is 2. The van der Waals surface area contributed by atoms with E-state index >= 15 is 0 Å². The zero-order valence-corrected chi connectivity index (χ0v) is 9.50. The van der Waals surface area contributed by atoms with Gasteiger partial charge in [0, 0.05) is 15.7 Å². The number of β-lactam (4-membered cyclic amide) rings is 1. The van der Waals surface area contributed by atoms with E-state index < -0.39 is 12.0 Å². The van der Waals surface area contributed by atoms with Crippen molar-refractivity contribution in [3.63, 3.8) is 0 Å². The molecular weight excluding hydrogens is 253 g/mol. The summed E-state index contributed by atoms with van der Waals surface area (Å²) >= 11 is 11.6. The quantitative estimate of drug-likeness (QED) is 0.829. The maximum Gasteiger partial charge on any atom is 0.327 e. The molecule has 1 aliphatic rings. The molecule has 0 saturated carbocycles. The molecule has 0 bridgehead atoms. The average molecular weight is 260 g/mol. The van der Waals surface area contributed by atoms with Gasteiger partial charge in [0.2, 0.25) is 5.91 Å². The molecule has 16 heavy (non-hydrogen) atoms. The number of anilines is 1. The predicted octanol–water partition coefficient (Wildman–Crippen LogP) is 2.18. The third kappa shape index (κ3) is 1.86. The van der Waals surface area contributed by atoms with E-state index in [-0.39, 0.29) is 12.3 Å². The van der Waals surface area contributed by atoms with Gasteiger partial charge in [0.15, 0.2) is 0 Å². The van der Waals surface area contributed by atoms with Gasteiger partial charge in [0.05, 0.1) is 6.42 Å². The zero-order chi connectivity index (χ0) is 11.9. The Morgan fingerprint density at radius 1 is 1.31 bits per heavy atom. The van der Waals surface area contributed by atoms with Gasteiger partial charge >= 0.3 is 5.97 Å². The molecule has 0 aromatic heterocycles. The van der Waals surface area contributed by atoms with Gasteiger partial charge in [-0.15, -0.1) is 0 Å². The Labute approximate surface area is 101 Å². The highest BCUT2D eigenvalue weighted by Gasteiger charge is 2.42. The van der Waals surface area contributed by atoms with Crippen LogP contribution in [-0.4, -0.2) is 23.0 Å². The molecule has 1 fully saturated rings. The minimum Gasteiger partial charge on any atom is -0.480 e. The van der Waals surface area contributed by atoms with Crippen LogP contribution < -0.4 is 4.90 Å². The largest absolute Gasteiger partial charge is 0.480 e. The summed E-state index contributed by atoms with van der Waals surface area (Å²) in [6.45, 7) is 0. The van der Waals surface area contributed by atoms with Gasteiger partial charge in [-0.25, -0.2) is 4.79 Å². The molecule has 1 aromatic carbocycles. The standard InChI is InChI=1S/C10H7Cl2NO3/c11-5-1-6(12)3-7(2-5)13-8(10(15)16)4-9(13)14/h1-3,8H,4H2,(H,15,16). The number of amides is 1. The lowest BCUT2D eigenvalue weighted by Crippen LogP contribution is -2.57. The van der Waals surface area contributed by atoms with Crippen LogP contribution in [0.4, 0.5) is 5.69 Å². The van der Waals surface area contributed by atoms with E-state index in [1.54, 1.807) is 0 Å². The van der Waals surface area contributed by atoms with Crippen molar-refractivity contribution in [3.05, 3.63) is 28.2 Å². The predicted molar refractivity (Wildman–Crippen MR) is 60.0 cm³/mol. The van der Waals surface area contributed by atoms with E-state index in [2.05, 4.69) is 0 Å². The van der Waals surface area contributed by atoms with Gasteiger partial charge in [-0.3, -0.25) is 9.69 Å². The summed E-state index contributed by atoms with van der Waals surface area (Å²) < 4.78 is 0. The van der Waals surface area contributed by atoms with Gasteiger partial charge in [-0.05, 0) is 18.2 Å². The number of hydrogen-bond acceptors (Lipinski definition) is 2. The van der Waals surface area contributed by atoms with E-state index in [9.17, 15) is 9.59 Å². The van der Waals surface area contributed by atoms with Crippen molar-refractivity contribution in [2.45, 2.75) is 12.5 Å². The second-order valence-corrected chi connectivity index (χ2v) is 4.32. The number of aliphatic carboxylic acids is 1. The van der Waals surface area contributed by atoms with Gasteiger partial charge < -0.3 is 5.11 Å². The Kier molecular flexibility index (Phi) is 2.78. The molecule has 6 heteroatoms. The van der Waals surface area contributed by atoms with Gasteiger partial charge in [-0.2, -0.15) is 0 Å². The molecule has 1 saturated heterocycles. The number of carboxylic acid groups (broad SMARTS) is 1. The Morgan fingerprint density at radius 3 is 2.31 bits per heavy atom. The molecule has 1 amide bonds. The second-order valence-electron chi connectivity index (χ2n) is 3.45. The minimum atomic E-state index is -1.03. The van der Waals surface area contributed by atoms with Crippen LogP contribution in [0.3, 0.4) is 0 Å². The van der Waals surface area contributed by atoms with E-state index in [0.717, 1.165) is 0 Å². The Hall–Kier alpha value is -1.26. The van der Waals surface area contributed by atoms with E-state index in [4.69, 9.17) is 28.3 Å². The third-order valence-electron chi connectivity index (χ3n) is 2.36. The molecule has 1 N–H and O–H groups in total. The summed E-state index contributed by atoms with van der Waals surface area (Å²) in [5.74, 6) is -1.28. The van der Waals surface area contributed by atoms with Gasteiger partial charge in [0.1, 0.15) is 6.04 Å². The lowest BCUT2D eigenvalue weighted by Gasteiger charge is -2.37. The Bertz CT molecular complexity index is 455. The fraction of sp³-hybridized carbons (Fsp3) is 0.200. The highest BCUT2D eigenvalue weighted by molar-refractivity contribution is 6.35. The molecule has 0 radical (unpaired) electrons. The van der Waals surface area contributed by atoms with Crippen molar-refractivity contribution in [2.75, 3.05) is 4.90 Å². The van der Waals surface area contributed by atoms with E-state index in [0.29, 0.717) is 15.7 Å². The highest BCUT2D eigenvalue weighted by Crippen LogP contribution is 2.32. The maximum absolute atomic E-state index is 11.3. The number of halogens is 2. The summed E-state index contributed by atoms with van der Waals surface area (Å²) in [6, 6.07) is 3.73. The molecule has 0 aliphatic carbocycles. The molecule has 1 atom stereocenters. The number of carbonyl (C=O) groups excluding carboxylic acids is 1. The van der Waals surface area contributed by atoms with E-state index in [1.807, 2.05) is 0 Å². The molecule has 2 rings (SSSR count). The smallest absolute Gasteiger partial charge is 0.327 e. The van der Waals surface area contributed by atoms with Crippen molar-refractivity contribution in [1.82, 2.24) is 0 Å². The SMILES string of the molecule is O=C(O)C1CC(=O)N1c1cc(Cl)cc(Cl)c1. The monoisotopic (exact) mass is 259 g/mol. The van der Waals surface area contributed by atoms with Crippen LogP contribution in [0, 0.1) is 0 Å². The maximum atomic E-state index is 11.3. The molecule has 1 aliphatic heterocycles. The number of nitrogens with zero attached hydrogens (tertiary/aromatic N) is 1. The van der Waals surface area contributed by atoms with Crippen molar-refractivity contribution < 1.29 is 14.7 Å². The normalized spacial score (nSPS) is 19.5. The Balaban J connectivity index is 2.36. The molecule has 1 aromatic rings. The van der Waals surface area contributed by atoms with Gasteiger partial charge in [-0.1, -0.05) is 23.2 Å². The molecule has 84 valence electrons. The first kappa shape index (κ1) is 11.2. The van der Waals surface area contributed by atoms with Crippen LogP contribution in [0.1, 0.15) is 6.42 Å². The van der Waals surface area contributed by atoms with Crippen molar-refractivity contribution >= 4 is 40.8 Å². The van der Waals surface area contributed by atoms with Gasteiger partial charge in [0.25, 0.3) is 0 Å². The summed E-state index contributed by atoms with van der Waals surface area (Å²) in [4.78, 5) is 23.3. The second kappa shape index (κ2) is 3.96. The Morgan fingerprint density at radius 2 is 1.88 bits per heavy atom. The highest BCUT2D eigenvalue weighted by atomic mass is 35.5. The average Bonchev–Trinajstić information content (AvgIpc) is 2.11. The van der Waals surface area contributed by atoms with Crippen LogP contribution >= 0.6 is 23.2 Å². The first-order chi connectivity index (χ1) is 7.49. The lowest BCUT2D eigenvalue weighted by atomic mass is 10.0. The third-order valence-corrected chi connectivity index (χ3v) is 2.80. The van der Waals surface area contributed by atoms with Crippen LogP contribution in [0.5, 0.6) is 0 Å². The van der Waals surface area contributed by atoms with Crippen molar-refractivity contribution in [1.29, 1.82) is 0 Å². The molecule has 1 heterocycles. The first-order valence-electron chi connectivity index (χ1n) is 4.50. The van der Waals surface area contributed by atoms with Crippen LogP contribution in [-0.2, 0) is 9.59 Å². The fourth-order valence-corrected chi connectivity index (χ4v) is 2.13. The van der Waals surface area contributed by atoms with Crippen molar-refractivity contribution in [3.8, 4) is 0 Å². The molecule has 1 unspecified atom stereocenters. The number of benzene rings is 1. The number of hydrogen-bond donors (Lipinski definition) is 1. The zero-order valence-electron chi connectivity index (χ0n) is 7.98. The summed E-state index contributed by atoms with van der Waals surface area (Å²) in [5, 5.41) is 9.60. The van der Waals surface area contributed by atoms with Crippen LogP contribution in [0.15, 0.2) is 18.2 Å². The molecular formula is C10H7Cl2NO3. The first-order valence-corrected chi connectivity index (χ1v) is 5.25. The lowest BCUT2D eigenvalue weighted by molar-refractivity contribution is -0.145. The number of carboxylic acids is 1. The minimum absolute atomic E-state index is 0.0134. The molecule has 4 nitrogen and oxygen atoms in total. The fourth-order valence-electron chi connectivity index (χ4n) is 1.62.